The maximum absolute atomic E-state index is 12.4. The Hall–Kier alpha value is -3.65. The van der Waals surface area contributed by atoms with Crippen molar-refractivity contribution in [2.45, 2.75) is 13.8 Å². The molecular formula is C25H24BrN3O4. The minimum absolute atomic E-state index is 0.175. The second-order valence-corrected chi connectivity index (χ2v) is 8.11. The molecule has 170 valence electrons. The van der Waals surface area contributed by atoms with Crippen LogP contribution in [0.2, 0.25) is 0 Å². The average molecular weight is 510 g/mol. The van der Waals surface area contributed by atoms with Crippen molar-refractivity contribution in [2.24, 2.45) is 5.10 Å². The fraction of sp³-hybridized carbons (Fsp3) is 0.160. The van der Waals surface area contributed by atoms with Crippen LogP contribution < -0.4 is 20.2 Å². The second kappa shape index (κ2) is 11.3. The van der Waals surface area contributed by atoms with E-state index >= 15 is 0 Å². The molecule has 0 aliphatic heterocycles. The number of anilines is 1. The molecule has 8 heteroatoms. The first-order valence-electron chi connectivity index (χ1n) is 10.1. The lowest BCUT2D eigenvalue weighted by atomic mass is 10.1. The number of rotatable bonds is 8. The van der Waals surface area contributed by atoms with Crippen LogP contribution in [0.1, 0.15) is 27.0 Å². The van der Waals surface area contributed by atoms with Gasteiger partial charge in [-0.25, -0.2) is 5.43 Å². The van der Waals surface area contributed by atoms with Crippen molar-refractivity contribution in [3.05, 3.63) is 87.4 Å². The van der Waals surface area contributed by atoms with Crippen LogP contribution in [0, 0.1) is 13.8 Å². The fourth-order valence-electron chi connectivity index (χ4n) is 2.96. The smallest absolute Gasteiger partial charge is 0.271 e. The molecule has 33 heavy (non-hydrogen) atoms. The normalized spacial score (nSPS) is 10.7. The predicted molar refractivity (Wildman–Crippen MR) is 132 cm³/mol. The summed E-state index contributed by atoms with van der Waals surface area (Å²) in [4.78, 5) is 24.7. The van der Waals surface area contributed by atoms with Crippen molar-refractivity contribution in [3.8, 4) is 11.5 Å². The molecule has 2 amide bonds. The summed E-state index contributed by atoms with van der Waals surface area (Å²) in [6.07, 6.45) is 1.46. The summed E-state index contributed by atoms with van der Waals surface area (Å²) in [5, 5.41) is 6.89. The van der Waals surface area contributed by atoms with E-state index in [0.717, 1.165) is 21.3 Å². The maximum atomic E-state index is 12.4. The van der Waals surface area contributed by atoms with Crippen molar-refractivity contribution >= 4 is 39.6 Å². The molecule has 2 N–H and O–H groups in total. The minimum Gasteiger partial charge on any atom is -0.497 e. The van der Waals surface area contributed by atoms with Gasteiger partial charge in [-0.05, 0) is 67.4 Å². The number of ether oxygens (including phenoxy) is 2. The van der Waals surface area contributed by atoms with Gasteiger partial charge in [-0.15, -0.1) is 0 Å². The van der Waals surface area contributed by atoms with Gasteiger partial charge in [-0.1, -0.05) is 34.1 Å². The van der Waals surface area contributed by atoms with Gasteiger partial charge in [-0.2, -0.15) is 5.10 Å². The number of carbonyl (C=O) groups excluding carboxylic acids is 2. The van der Waals surface area contributed by atoms with E-state index in [9.17, 15) is 9.59 Å². The Morgan fingerprint density at radius 3 is 2.64 bits per heavy atom. The zero-order chi connectivity index (χ0) is 23.8. The summed E-state index contributed by atoms with van der Waals surface area (Å²) in [6.45, 7) is 3.77. The monoisotopic (exact) mass is 509 g/mol. The van der Waals surface area contributed by atoms with Gasteiger partial charge >= 0.3 is 0 Å². The number of nitrogens with one attached hydrogen (secondary N) is 2. The number of hydrogen-bond acceptors (Lipinski definition) is 5. The average Bonchev–Trinajstić information content (AvgIpc) is 2.81. The van der Waals surface area contributed by atoms with E-state index in [4.69, 9.17) is 9.47 Å². The van der Waals surface area contributed by atoms with Crippen LogP contribution in [0.3, 0.4) is 0 Å². The number of halogens is 1. The van der Waals surface area contributed by atoms with E-state index in [1.165, 1.54) is 13.3 Å². The first-order valence-corrected chi connectivity index (χ1v) is 10.9. The molecule has 3 aromatic carbocycles. The molecule has 3 rings (SSSR count). The summed E-state index contributed by atoms with van der Waals surface area (Å²) in [5.41, 5.74) is 6.34. The van der Waals surface area contributed by atoms with Crippen LogP contribution in [0.4, 0.5) is 5.69 Å². The van der Waals surface area contributed by atoms with E-state index < -0.39 is 0 Å². The topological polar surface area (TPSA) is 89.0 Å². The number of amides is 2. The van der Waals surface area contributed by atoms with Crippen LogP contribution in [0.5, 0.6) is 11.5 Å². The van der Waals surface area contributed by atoms with Crippen molar-refractivity contribution in [1.29, 1.82) is 0 Å². The highest BCUT2D eigenvalue weighted by Crippen LogP contribution is 2.22. The zero-order valence-electron chi connectivity index (χ0n) is 18.5. The molecule has 0 heterocycles. The molecule has 0 radical (unpaired) electrons. The minimum atomic E-state index is -0.379. The Labute approximate surface area is 200 Å². The van der Waals surface area contributed by atoms with Gasteiger partial charge in [0.1, 0.15) is 11.5 Å². The quantitative estimate of drug-likeness (QED) is 0.335. The summed E-state index contributed by atoms with van der Waals surface area (Å²) in [6, 6.07) is 17.8. The van der Waals surface area contributed by atoms with E-state index in [-0.39, 0.29) is 18.4 Å². The van der Waals surface area contributed by atoms with Gasteiger partial charge in [-0.3, -0.25) is 9.59 Å². The van der Waals surface area contributed by atoms with Gasteiger partial charge in [0.25, 0.3) is 11.8 Å². The molecule has 0 spiro atoms. The number of carbonyl (C=O) groups is 2. The fourth-order valence-corrected chi connectivity index (χ4v) is 3.34. The molecule has 3 aromatic rings. The SMILES string of the molecule is COc1cccc(C(=O)N/N=C/c2cc(Br)ccc2OCC(=O)Nc2cccc(C)c2C)c1. The molecule has 0 aliphatic rings. The molecule has 0 bridgehead atoms. The van der Waals surface area contributed by atoms with Crippen LogP contribution >= 0.6 is 15.9 Å². The summed E-state index contributed by atoms with van der Waals surface area (Å²) >= 11 is 3.41. The lowest BCUT2D eigenvalue weighted by Crippen LogP contribution is -2.21. The molecule has 0 aromatic heterocycles. The van der Waals surface area contributed by atoms with E-state index in [0.29, 0.717) is 22.6 Å². The maximum Gasteiger partial charge on any atom is 0.271 e. The molecule has 0 atom stereocenters. The number of methoxy groups -OCH3 is 1. The molecule has 7 nitrogen and oxygen atoms in total. The van der Waals surface area contributed by atoms with Gasteiger partial charge in [0.2, 0.25) is 0 Å². The summed E-state index contributed by atoms with van der Waals surface area (Å²) in [7, 11) is 1.53. The van der Waals surface area contributed by atoms with Crippen molar-refractivity contribution in [2.75, 3.05) is 19.0 Å². The number of hydrogen-bond donors (Lipinski definition) is 2. The number of benzene rings is 3. The highest BCUT2D eigenvalue weighted by atomic mass is 79.9. The first kappa shape index (κ1) is 24.0. The third-order valence-electron chi connectivity index (χ3n) is 4.91. The Morgan fingerprint density at radius 1 is 1.06 bits per heavy atom. The third kappa shape index (κ3) is 6.66. The number of nitrogens with zero attached hydrogens (tertiary/aromatic N) is 1. The largest absolute Gasteiger partial charge is 0.497 e. The van der Waals surface area contributed by atoms with E-state index in [1.807, 2.05) is 32.0 Å². The molecule has 0 fully saturated rings. The van der Waals surface area contributed by atoms with Crippen LogP contribution in [-0.4, -0.2) is 31.7 Å². The Balaban J connectivity index is 1.64. The van der Waals surface area contributed by atoms with Gasteiger partial charge < -0.3 is 14.8 Å². The van der Waals surface area contributed by atoms with Gasteiger partial charge in [0, 0.05) is 21.3 Å². The molecule has 0 unspecified atom stereocenters. The Morgan fingerprint density at radius 2 is 1.85 bits per heavy atom. The van der Waals surface area contributed by atoms with Crippen LogP contribution in [0.15, 0.2) is 70.2 Å². The molecule has 0 saturated carbocycles. The van der Waals surface area contributed by atoms with Crippen molar-refractivity contribution in [3.63, 3.8) is 0 Å². The third-order valence-corrected chi connectivity index (χ3v) is 5.40. The predicted octanol–water partition coefficient (Wildman–Crippen LogP) is 4.86. The van der Waals surface area contributed by atoms with E-state index in [1.54, 1.807) is 42.5 Å². The number of hydrazone groups is 1. The van der Waals surface area contributed by atoms with E-state index in [2.05, 4.69) is 31.8 Å². The summed E-state index contributed by atoms with van der Waals surface area (Å²) in [5.74, 6) is 0.374. The molecule has 0 saturated heterocycles. The lowest BCUT2D eigenvalue weighted by molar-refractivity contribution is -0.118. The highest BCUT2D eigenvalue weighted by molar-refractivity contribution is 9.10. The van der Waals surface area contributed by atoms with Crippen molar-refractivity contribution in [1.82, 2.24) is 5.43 Å². The van der Waals surface area contributed by atoms with Crippen LogP contribution in [0.25, 0.3) is 0 Å². The molecular weight excluding hydrogens is 486 g/mol. The Kier molecular flexibility index (Phi) is 8.21. The van der Waals surface area contributed by atoms with Gasteiger partial charge in [0.05, 0.1) is 13.3 Å². The van der Waals surface area contributed by atoms with Crippen molar-refractivity contribution < 1.29 is 19.1 Å². The lowest BCUT2D eigenvalue weighted by Gasteiger charge is -2.12. The standard InChI is InChI=1S/C25H24BrN3O4/c1-16-6-4-9-22(17(16)2)28-24(30)15-33-23-11-10-20(26)12-19(23)14-27-29-25(31)18-7-5-8-21(13-18)32-3/h4-14H,15H2,1-3H3,(H,28,30)(H,29,31)/b27-14+. The number of aryl methyl sites for hydroxylation is 1. The van der Waals surface area contributed by atoms with Crippen LogP contribution in [-0.2, 0) is 4.79 Å². The first-order chi connectivity index (χ1) is 15.9. The second-order valence-electron chi connectivity index (χ2n) is 7.20. The highest BCUT2D eigenvalue weighted by Gasteiger charge is 2.10. The van der Waals surface area contributed by atoms with Gasteiger partial charge in [0.15, 0.2) is 6.61 Å². The summed E-state index contributed by atoms with van der Waals surface area (Å²) < 4.78 is 11.6. The zero-order valence-corrected chi connectivity index (χ0v) is 20.1. The molecule has 0 aliphatic carbocycles. The Bertz CT molecular complexity index is 1190.